The molecule has 0 aliphatic rings. The third-order valence-electron chi connectivity index (χ3n) is 4.01. The number of hydrogen-bond donors (Lipinski definition) is 1. The first-order chi connectivity index (χ1) is 12.4. The molecule has 0 radical (unpaired) electrons. The number of nitrogens with one attached hydrogen (secondary N) is 1. The van der Waals surface area contributed by atoms with E-state index in [0.29, 0.717) is 25.9 Å². The van der Waals surface area contributed by atoms with Crippen molar-refractivity contribution in [2.75, 3.05) is 19.6 Å². The van der Waals surface area contributed by atoms with Gasteiger partial charge in [-0.15, -0.1) is 0 Å². The zero-order valence-electron chi connectivity index (χ0n) is 14.7. The molecule has 6 heteroatoms. The summed E-state index contributed by atoms with van der Waals surface area (Å²) in [5.41, 5.74) is 1.82. The molecule has 0 atom stereocenters. The molecule has 138 valence electrons. The fraction of sp³-hybridized carbons (Fsp3) is 0.300. The summed E-state index contributed by atoms with van der Waals surface area (Å²) in [6, 6.07) is 12.2. The van der Waals surface area contributed by atoms with Crippen LogP contribution in [0.25, 0.3) is 0 Å². The lowest BCUT2D eigenvalue weighted by atomic mass is 10.1. The second-order valence-corrected chi connectivity index (χ2v) is 6.04. The Morgan fingerprint density at radius 1 is 0.885 bits per heavy atom. The molecule has 0 saturated carbocycles. The van der Waals surface area contributed by atoms with Gasteiger partial charge in [-0.2, -0.15) is 0 Å². The van der Waals surface area contributed by atoms with Gasteiger partial charge in [-0.1, -0.05) is 24.3 Å². The molecule has 1 N–H and O–H groups in total. The third-order valence-corrected chi connectivity index (χ3v) is 4.01. The van der Waals surface area contributed by atoms with Gasteiger partial charge in [0.05, 0.1) is 6.54 Å². The first-order valence-corrected chi connectivity index (χ1v) is 8.45. The average Bonchev–Trinajstić information content (AvgIpc) is 2.61. The molecule has 2 aromatic carbocycles. The van der Waals surface area contributed by atoms with Crippen molar-refractivity contribution in [3.05, 3.63) is 71.3 Å². The van der Waals surface area contributed by atoms with Gasteiger partial charge in [0.1, 0.15) is 11.6 Å². The first kappa shape index (κ1) is 19.6. The van der Waals surface area contributed by atoms with E-state index in [4.69, 9.17) is 0 Å². The Morgan fingerprint density at radius 2 is 1.38 bits per heavy atom. The Bertz CT molecular complexity index is 730. The second kappa shape index (κ2) is 9.65. The molecule has 2 amide bonds. The summed E-state index contributed by atoms with van der Waals surface area (Å²) < 4.78 is 25.8. The van der Waals surface area contributed by atoms with Crippen molar-refractivity contribution < 1.29 is 18.4 Å². The number of carbonyl (C=O) groups excluding carboxylic acids is 2. The van der Waals surface area contributed by atoms with Crippen LogP contribution in [0.15, 0.2) is 48.5 Å². The molecular formula is C20H22F2N2O2. The van der Waals surface area contributed by atoms with Crippen molar-refractivity contribution in [1.29, 1.82) is 0 Å². The van der Waals surface area contributed by atoms with E-state index in [1.54, 1.807) is 24.3 Å². The zero-order valence-corrected chi connectivity index (χ0v) is 14.7. The molecule has 0 saturated heterocycles. The smallest absolute Gasteiger partial charge is 0.239 e. The lowest BCUT2D eigenvalue weighted by Crippen LogP contribution is -2.41. The third kappa shape index (κ3) is 6.63. The van der Waals surface area contributed by atoms with E-state index >= 15 is 0 Å². The summed E-state index contributed by atoms with van der Waals surface area (Å²) in [7, 11) is 0. The molecular weight excluding hydrogens is 338 g/mol. The van der Waals surface area contributed by atoms with E-state index in [1.165, 1.54) is 36.1 Å². The van der Waals surface area contributed by atoms with Gasteiger partial charge >= 0.3 is 0 Å². The highest BCUT2D eigenvalue weighted by Crippen LogP contribution is 2.05. The fourth-order valence-corrected chi connectivity index (χ4v) is 2.49. The SMILES string of the molecule is CC(=O)N(CCc1ccc(F)cc1)CC(=O)NCCc1ccc(F)cc1. The first-order valence-electron chi connectivity index (χ1n) is 8.45. The van der Waals surface area contributed by atoms with Crippen molar-refractivity contribution in [3.63, 3.8) is 0 Å². The summed E-state index contributed by atoms with van der Waals surface area (Å²) in [6.07, 6.45) is 1.13. The van der Waals surface area contributed by atoms with Crippen LogP contribution in [0.5, 0.6) is 0 Å². The van der Waals surface area contributed by atoms with Crippen LogP contribution < -0.4 is 5.32 Å². The number of hydrogen-bond acceptors (Lipinski definition) is 2. The minimum atomic E-state index is -0.308. The van der Waals surface area contributed by atoms with Crippen molar-refractivity contribution in [1.82, 2.24) is 10.2 Å². The molecule has 0 unspecified atom stereocenters. The molecule has 26 heavy (non-hydrogen) atoms. The Labute approximate surface area is 151 Å². The number of nitrogens with zero attached hydrogens (tertiary/aromatic N) is 1. The van der Waals surface area contributed by atoms with Gasteiger partial charge in [0.25, 0.3) is 0 Å². The monoisotopic (exact) mass is 360 g/mol. The number of rotatable bonds is 8. The number of benzene rings is 2. The molecule has 0 bridgehead atoms. The highest BCUT2D eigenvalue weighted by atomic mass is 19.1. The minimum absolute atomic E-state index is 0.0278. The van der Waals surface area contributed by atoms with Gasteiger partial charge in [-0.05, 0) is 48.2 Å². The van der Waals surface area contributed by atoms with Crippen LogP contribution in [0.4, 0.5) is 8.78 Å². The molecule has 0 fully saturated rings. The molecule has 0 aliphatic carbocycles. The summed E-state index contributed by atoms with van der Waals surface area (Å²) in [5, 5.41) is 2.76. The van der Waals surface area contributed by atoms with Gasteiger partial charge in [-0.3, -0.25) is 9.59 Å². The predicted molar refractivity (Wildman–Crippen MR) is 95.5 cm³/mol. The van der Waals surface area contributed by atoms with Gasteiger partial charge in [0, 0.05) is 20.0 Å². The molecule has 0 aliphatic heterocycles. The summed E-state index contributed by atoms with van der Waals surface area (Å²) in [6.45, 7) is 2.18. The maximum Gasteiger partial charge on any atom is 0.239 e. The largest absolute Gasteiger partial charge is 0.354 e. The maximum atomic E-state index is 12.9. The van der Waals surface area contributed by atoms with Crippen molar-refractivity contribution in [2.24, 2.45) is 0 Å². The Hall–Kier alpha value is -2.76. The van der Waals surface area contributed by atoms with Crippen LogP contribution in [0.3, 0.4) is 0 Å². The molecule has 0 aromatic heterocycles. The minimum Gasteiger partial charge on any atom is -0.354 e. The van der Waals surface area contributed by atoms with E-state index in [0.717, 1.165) is 11.1 Å². The number of halogens is 2. The Morgan fingerprint density at radius 3 is 1.88 bits per heavy atom. The van der Waals surface area contributed by atoms with Crippen LogP contribution in [0.1, 0.15) is 18.1 Å². The number of amides is 2. The Kier molecular flexibility index (Phi) is 7.26. The molecule has 0 heterocycles. The summed E-state index contributed by atoms with van der Waals surface area (Å²) in [5.74, 6) is -1.05. The topological polar surface area (TPSA) is 49.4 Å². The summed E-state index contributed by atoms with van der Waals surface area (Å²) >= 11 is 0. The molecule has 4 nitrogen and oxygen atoms in total. The van der Waals surface area contributed by atoms with Crippen LogP contribution in [-0.2, 0) is 22.4 Å². The van der Waals surface area contributed by atoms with Gasteiger partial charge in [0.15, 0.2) is 0 Å². The zero-order chi connectivity index (χ0) is 18.9. The molecule has 2 rings (SSSR count). The van der Waals surface area contributed by atoms with E-state index in [9.17, 15) is 18.4 Å². The van der Waals surface area contributed by atoms with Crippen molar-refractivity contribution in [2.45, 2.75) is 19.8 Å². The number of carbonyl (C=O) groups is 2. The highest BCUT2D eigenvalue weighted by molar-refractivity contribution is 5.83. The lowest BCUT2D eigenvalue weighted by Gasteiger charge is -2.20. The van der Waals surface area contributed by atoms with Crippen molar-refractivity contribution in [3.8, 4) is 0 Å². The fourth-order valence-electron chi connectivity index (χ4n) is 2.49. The van der Waals surface area contributed by atoms with Crippen molar-refractivity contribution >= 4 is 11.8 Å². The van der Waals surface area contributed by atoms with Crippen LogP contribution in [-0.4, -0.2) is 36.3 Å². The predicted octanol–water partition coefficient (Wildman–Crippen LogP) is 2.71. The van der Waals surface area contributed by atoms with Crippen LogP contribution in [0.2, 0.25) is 0 Å². The van der Waals surface area contributed by atoms with Gasteiger partial charge < -0.3 is 10.2 Å². The van der Waals surface area contributed by atoms with Crippen LogP contribution >= 0.6 is 0 Å². The normalized spacial score (nSPS) is 10.4. The lowest BCUT2D eigenvalue weighted by molar-refractivity contribution is -0.134. The standard InChI is InChI=1S/C20H22F2N2O2/c1-15(25)24(13-11-17-4-8-19(22)9-5-17)14-20(26)23-12-10-16-2-6-18(21)7-3-16/h2-9H,10-14H2,1H3,(H,23,26). The van der Waals surface area contributed by atoms with E-state index < -0.39 is 0 Å². The van der Waals surface area contributed by atoms with Gasteiger partial charge in [0.2, 0.25) is 11.8 Å². The molecule has 2 aromatic rings. The van der Waals surface area contributed by atoms with E-state index in [1.807, 2.05) is 0 Å². The van der Waals surface area contributed by atoms with E-state index in [-0.39, 0.29) is 30.0 Å². The Balaban J connectivity index is 1.76. The molecule has 0 spiro atoms. The average molecular weight is 360 g/mol. The second-order valence-electron chi connectivity index (χ2n) is 6.04. The van der Waals surface area contributed by atoms with Gasteiger partial charge in [-0.25, -0.2) is 8.78 Å². The summed E-state index contributed by atoms with van der Waals surface area (Å²) in [4.78, 5) is 25.2. The maximum absolute atomic E-state index is 12.9. The van der Waals surface area contributed by atoms with E-state index in [2.05, 4.69) is 5.32 Å². The highest BCUT2D eigenvalue weighted by Gasteiger charge is 2.13. The van der Waals surface area contributed by atoms with Crippen LogP contribution in [0, 0.1) is 11.6 Å². The quantitative estimate of drug-likeness (QED) is 0.787.